The SMILES string of the molecule is Cc1cc(Br)ccc1NC(=O)CN(C)C(=O)c1cc(Cl)ccc1[N+](=O)[O-]. The first-order valence-corrected chi connectivity index (χ1v) is 8.61. The standard InChI is InChI=1S/C17H15BrClN3O4/c1-10-7-11(18)3-5-14(10)20-16(23)9-21(2)17(24)13-8-12(19)4-6-15(13)22(25)26/h3-8H,9H2,1-2H3,(H,20,23). The van der Waals surface area contributed by atoms with E-state index in [0.717, 1.165) is 21.0 Å². The fourth-order valence-corrected chi connectivity index (χ4v) is 2.94. The minimum absolute atomic E-state index is 0.169. The number of anilines is 1. The van der Waals surface area contributed by atoms with Gasteiger partial charge in [-0.05, 0) is 42.8 Å². The van der Waals surface area contributed by atoms with Gasteiger partial charge in [-0.15, -0.1) is 0 Å². The van der Waals surface area contributed by atoms with Gasteiger partial charge in [0, 0.05) is 28.3 Å². The highest BCUT2D eigenvalue weighted by atomic mass is 79.9. The number of carbonyl (C=O) groups excluding carboxylic acids is 2. The Balaban J connectivity index is 2.13. The van der Waals surface area contributed by atoms with E-state index in [0.29, 0.717) is 5.69 Å². The molecule has 0 atom stereocenters. The fourth-order valence-electron chi connectivity index (χ4n) is 2.29. The quantitative estimate of drug-likeness (QED) is 0.561. The molecule has 7 nitrogen and oxygen atoms in total. The molecule has 2 aromatic carbocycles. The van der Waals surface area contributed by atoms with Crippen LogP contribution in [0.15, 0.2) is 40.9 Å². The lowest BCUT2D eigenvalue weighted by Gasteiger charge is -2.17. The molecule has 0 radical (unpaired) electrons. The highest BCUT2D eigenvalue weighted by molar-refractivity contribution is 9.10. The number of nitro benzene ring substituents is 1. The molecule has 0 aliphatic heterocycles. The second-order valence-electron chi connectivity index (χ2n) is 5.59. The van der Waals surface area contributed by atoms with Crippen molar-refractivity contribution >= 4 is 50.7 Å². The zero-order chi connectivity index (χ0) is 19.4. The summed E-state index contributed by atoms with van der Waals surface area (Å²) >= 11 is 9.18. The van der Waals surface area contributed by atoms with Crippen molar-refractivity contribution in [2.45, 2.75) is 6.92 Å². The first-order chi connectivity index (χ1) is 12.2. The van der Waals surface area contributed by atoms with E-state index in [-0.39, 0.29) is 22.8 Å². The first kappa shape index (κ1) is 19.9. The average molecular weight is 441 g/mol. The molecular weight excluding hydrogens is 426 g/mol. The molecule has 0 saturated carbocycles. The summed E-state index contributed by atoms with van der Waals surface area (Å²) in [6.07, 6.45) is 0. The molecule has 1 N–H and O–H groups in total. The Morgan fingerprint density at radius 3 is 2.58 bits per heavy atom. The van der Waals surface area contributed by atoms with E-state index in [2.05, 4.69) is 21.2 Å². The minimum Gasteiger partial charge on any atom is -0.332 e. The van der Waals surface area contributed by atoms with E-state index < -0.39 is 16.7 Å². The van der Waals surface area contributed by atoms with Crippen LogP contribution in [-0.2, 0) is 4.79 Å². The van der Waals surface area contributed by atoms with Crippen LogP contribution in [0, 0.1) is 17.0 Å². The zero-order valence-corrected chi connectivity index (χ0v) is 16.3. The molecule has 2 amide bonds. The van der Waals surface area contributed by atoms with Gasteiger partial charge in [-0.1, -0.05) is 27.5 Å². The van der Waals surface area contributed by atoms with Gasteiger partial charge in [0.05, 0.1) is 11.5 Å². The van der Waals surface area contributed by atoms with Crippen LogP contribution in [0.2, 0.25) is 5.02 Å². The second-order valence-corrected chi connectivity index (χ2v) is 6.94. The highest BCUT2D eigenvalue weighted by Gasteiger charge is 2.24. The maximum absolute atomic E-state index is 12.5. The summed E-state index contributed by atoms with van der Waals surface area (Å²) in [6.45, 7) is 1.57. The highest BCUT2D eigenvalue weighted by Crippen LogP contribution is 2.24. The van der Waals surface area contributed by atoms with Crippen molar-refractivity contribution < 1.29 is 14.5 Å². The largest absolute Gasteiger partial charge is 0.332 e. The van der Waals surface area contributed by atoms with Crippen molar-refractivity contribution in [3.8, 4) is 0 Å². The molecule has 2 rings (SSSR count). The van der Waals surface area contributed by atoms with E-state index in [1.54, 1.807) is 12.1 Å². The van der Waals surface area contributed by atoms with Gasteiger partial charge in [-0.3, -0.25) is 19.7 Å². The topological polar surface area (TPSA) is 92.6 Å². The number of aryl methyl sites for hydroxylation is 1. The Morgan fingerprint density at radius 1 is 1.27 bits per heavy atom. The number of amides is 2. The van der Waals surface area contributed by atoms with Gasteiger partial charge >= 0.3 is 0 Å². The molecule has 0 aliphatic rings. The van der Waals surface area contributed by atoms with E-state index >= 15 is 0 Å². The number of likely N-dealkylation sites (N-methyl/N-ethyl adjacent to an activating group) is 1. The van der Waals surface area contributed by atoms with Crippen molar-refractivity contribution in [3.05, 3.63) is 67.1 Å². The van der Waals surface area contributed by atoms with E-state index in [4.69, 9.17) is 11.6 Å². The van der Waals surface area contributed by atoms with E-state index in [1.807, 2.05) is 13.0 Å². The van der Waals surface area contributed by atoms with Crippen LogP contribution in [0.4, 0.5) is 11.4 Å². The molecule has 0 spiro atoms. The molecule has 0 aliphatic carbocycles. The van der Waals surface area contributed by atoms with Crippen molar-refractivity contribution in [1.82, 2.24) is 4.90 Å². The summed E-state index contributed by atoms with van der Waals surface area (Å²) in [5, 5.41) is 14.0. The molecule has 9 heteroatoms. The fraction of sp³-hybridized carbons (Fsp3) is 0.176. The normalized spacial score (nSPS) is 10.3. The van der Waals surface area contributed by atoms with E-state index in [9.17, 15) is 19.7 Å². The smallest absolute Gasteiger partial charge is 0.282 e. The number of rotatable bonds is 5. The lowest BCUT2D eigenvalue weighted by molar-refractivity contribution is -0.385. The summed E-state index contributed by atoms with van der Waals surface area (Å²) in [6, 6.07) is 9.08. The molecule has 0 aromatic heterocycles. The average Bonchev–Trinajstić information content (AvgIpc) is 2.56. The molecule has 0 unspecified atom stereocenters. The third kappa shape index (κ3) is 4.80. The second kappa shape index (κ2) is 8.29. The summed E-state index contributed by atoms with van der Waals surface area (Å²) in [4.78, 5) is 36.2. The Morgan fingerprint density at radius 2 is 1.96 bits per heavy atom. The molecule has 0 heterocycles. The van der Waals surface area contributed by atoms with Gasteiger partial charge in [0.15, 0.2) is 0 Å². The van der Waals surface area contributed by atoms with Crippen molar-refractivity contribution in [2.75, 3.05) is 18.9 Å². The van der Waals surface area contributed by atoms with Crippen LogP contribution in [0.5, 0.6) is 0 Å². The van der Waals surface area contributed by atoms with Crippen molar-refractivity contribution in [2.24, 2.45) is 0 Å². The molecule has 0 bridgehead atoms. The summed E-state index contributed by atoms with van der Waals surface area (Å²) in [5.41, 5.74) is 0.938. The molecule has 0 saturated heterocycles. The third-order valence-electron chi connectivity index (χ3n) is 3.58. The van der Waals surface area contributed by atoms with Gasteiger partial charge in [-0.25, -0.2) is 0 Å². The summed E-state index contributed by atoms with van der Waals surface area (Å²) in [5.74, 6) is -1.09. The van der Waals surface area contributed by atoms with Crippen LogP contribution < -0.4 is 5.32 Å². The van der Waals surface area contributed by atoms with Crippen LogP contribution >= 0.6 is 27.5 Å². The lowest BCUT2D eigenvalue weighted by atomic mass is 10.1. The maximum Gasteiger partial charge on any atom is 0.282 e. The number of hydrogen-bond acceptors (Lipinski definition) is 4. The number of carbonyl (C=O) groups is 2. The van der Waals surface area contributed by atoms with E-state index in [1.165, 1.54) is 19.2 Å². The van der Waals surface area contributed by atoms with Crippen LogP contribution in [-0.4, -0.2) is 35.2 Å². The molecule has 0 fully saturated rings. The maximum atomic E-state index is 12.5. The molecule has 26 heavy (non-hydrogen) atoms. The van der Waals surface area contributed by atoms with Crippen molar-refractivity contribution in [1.29, 1.82) is 0 Å². The van der Waals surface area contributed by atoms with Gasteiger partial charge in [0.25, 0.3) is 11.6 Å². The van der Waals surface area contributed by atoms with Gasteiger partial charge in [0.2, 0.25) is 5.91 Å². The number of nitro groups is 1. The number of halogens is 2. The number of nitrogens with one attached hydrogen (secondary N) is 1. The monoisotopic (exact) mass is 439 g/mol. The number of nitrogens with zero attached hydrogens (tertiary/aromatic N) is 2. The molecule has 136 valence electrons. The summed E-state index contributed by atoms with van der Waals surface area (Å²) in [7, 11) is 1.39. The number of hydrogen-bond donors (Lipinski definition) is 1. The Labute approximate surface area is 163 Å². The first-order valence-electron chi connectivity index (χ1n) is 7.44. The Kier molecular flexibility index (Phi) is 6.33. The molecular formula is C17H15BrClN3O4. The Bertz CT molecular complexity index is 888. The number of benzene rings is 2. The predicted molar refractivity (Wildman–Crippen MR) is 103 cm³/mol. The van der Waals surface area contributed by atoms with Crippen molar-refractivity contribution in [3.63, 3.8) is 0 Å². The van der Waals surface area contributed by atoms with Gasteiger partial charge < -0.3 is 10.2 Å². The molecule has 2 aromatic rings. The van der Waals surface area contributed by atoms with Crippen LogP contribution in [0.25, 0.3) is 0 Å². The minimum atomic E-state index is -0.665. The van der Waals surface area contributed by atoms with Gasteiger partial charge in [-0.2, -0.15) is 0 Å². The van der Waals surface area contributed by atoms with Crippen LogP contribution in [0.1, 0.15) is 15.9 Å². The lowest BCUT2D eigenvalue weighted by Crippen LogP contribution is -2.35. The summed E-state index contributed by atoms with van der Waals surface area (Å²) < 4.78 is 0.883. The zero-order valence-electron chi connectivity index (χ0n) is 14.0. The van der Waals surface area contributed by atoms with Gasteiger partial charge in [0.1, 0.15) is 5.56 Å². The predicted octanol–water partition coefficient (Wildman–Crippen LogP) is 4.03. The third-order valence-corrected chi connectivity index (χ3v) is 4.30. The van der Waals surface area contributed by atoms with Crippen LogP contribution in [0.3, 0.4) is 0 Å². The Hall–Kier alpha value is -2.45.